The molecule has 8 nitrogen and oxygen atoms in total. The lowest BCUT2D eigenvalue weighted by Crippen LogP contribution is -2.46. The Bertz CT molecular complexity index is 930. The molecule has 26 heavy (non-hydrogen) atoms. The van der Waals surface area contributed by atoms with E-state index in [1.165, 1.54) is 17.0 Å². The molecular weight excluding hydrogens is 365 g/mol. The van der Waals surface area contributed by atoms with Crippen LogP contribution in [0.3, 0.4) is 0 Å². The van der Waals surface area contributed by atoms with Gasteiger partial charge < -0.3 is 10.0 Å². The van der Waals surface area contributed by atoms with Crippen molar-refractivity contribution < 1.29 is 19.1 Å². The van der Waals surface area contributed by atoms with Crippen LogP contribution in [0.2, 0.25) is 5.02 Å². The molecule has 4 rings (SSSR count). The Kier molecular flexibility index (Phi) is 3.95. The van der Waals surface area contributed by atoms with Gasteiger partial charge in [0.05, 0.1) is 5.02 Å². The number of aromatic nitrogens is 4. The summed E-state index contributed by atoms with van der Waals surface area (Å²) in [5.74, 6) is -1.96. The van der Waals surface area contributed by atoms with Crippen molar-refractivity contribution in [3.05, 3.63) is 34.6 Å². The minimum Gasteiger partial charge on any atom is -0.480 e. The average molecular weight is 378 g/mol. The summed E-state index contributed by atoms with van der Waals surface area (Å²) in [6.45, 7) is 0. The number of H-pyrrole nitrogens is 1. The Morgan fingerprint density at radius 1 is 1.38 bits per heavy atom. The molecule has 1 amide bonds. The second kappa shape index (κ2) is 6.17. The minimum absolute atomic E-state index is 0.0853. The zero-order valence-corrected chi connectivity index (χ0v) is 14.1. The molecule has 134 valence electrons. The van der Waals surface area contributed by atoms with E-state index in [4.69, 9.17) is 11.6 Å². The molecule has 2 atom stereocenters. The van der Waals surface area contributed by atoms with Crippen LogP contribution in [0.5, 0.6) is 0 Å². The molecule has 1 aromatic heterocycles. The maximum absolute atomic E-state index is 14.8. The zero-order chi connectivity index (χ0) is 18.4. The van der Waals surface area contributed by atoms with Gasteiger partial charge >= 0.3 is 5.97 Å². The summed E-state index contributed by atoms with van der Waals surface area (Å²) in [6.07, 6.45) is 2.52. The van der Waals surface area contributed by atoms with Crippen molar-refractivity contribution >= 4 is 29.1 Å². The number of aliphatic carboxylic acids is 1. The van der Waals surface area contributed by atoms with Gasteiger partial charge in [-0.3, -0.25) is 4.79 Å². The number of aromatic amines is 1. The summed E-state index contributed by atoms with van der Waals surface area (Å²) in [6, 6.07) is 1.82. The molecule has 3 heterocycles. The van der Waals surface area contributed by atoms with Crippen LogP contribution in [0.4, 0.5) is 4.39 Å². The van der Waals surface area contributed by atoms with Gasteiger partial charge in [-0.15, -0.1) is 10.2 Å². The smallest absolute Gasteiger partial charge is 0.326 e. The summed E-state index contributed by atoms with van der Waals surface area (Å²) in [7, 11) is 0. The third-order valence-electron chi connectivity index (χ3n) is 4.80. The second-order valence-electron chi connectivity index (χ2n) is 6.22. The monoisotopic (exact) mass is 377 g/mol. The van der Waals surface area contributed by atoms with E-state index in [0.29, 0.717) is 30.4 Å². The molecule has 2 aliphatic heterocycles. The molecule has 0 saturated carbocycles. The number of carbonyl (C=O) groups excluding carboxylic acids is 1. The number of benzene rings is 1. The summed E-state index contributed by atoms with van der Waals surface area (Å²) in [5, 5.41) is 22.7. The van der Waals surface area contributed by atoms with E-state index in [-0.39, 0.29) is 22.5 Å². The standard InChI is InChI=1S/C16H13ClFN5O3/c17-10-3-2-9(15-19-21-22-20-15)13(14(10)18)7-5-8-1-4-11(16(25)26)23(8)12(24)6-7/h2-3,6,8,11H,1,4-5H2,(H,25,26)(H,19,20,21,22)/t8-,11+/m0/s1. The van der Waals surface area contributed by atoms with E-state index >= 15 is 0 Å². The van der Waals surface area contributed by atoms with Crippen molar-refractivity contribution in [1.82, 2.24) is 25.5 Å². The summed E-state index contributed by atoms with van der Waals surface area (Å²) < 4.78 is 14.8. The first-order valence-electron chi connectivity index (χ1n) is 7.95. The van der Waals surface area contributed by atoms with Crippen molar-refractivity contribution in [3.63, 3.8) is 0 Å². The quantitative estimate of drug-likeness (QED) is 0.844. The maximum Gasteiger partial charge on any atom is 0.326 e. The van der Waals surface area contributed by atoms with E-state index in [2.05, 4.69) is 20.6 Å². The Morgan fingerprint density at radius 2 is 2.19 bits per heavy atom. The Balaban J connectivity index is 1.81. The average Bonchev–Trinajstić information content (AvgIpc) is 3.26. The normalized spacial score (nSPS) is 22.3. The highest BCUT2D eigenvalue weighted by Crippen LogP contribution is 2.40. The number of nitrogens with one attached hydrogen (secondary N) is 1. The van der Waals surface area contributed by atoms with E-state index < -0.39 is 23.7 Å². The molecule has 0 bridgehead atoms. The molecule has 2 aromatic rings. The van der Waals surface area contributed by atoms with Gasteiger partial charge in [0, 0.05) is 23.2 Å². The zero-order valence-electron chi connectivity index (χ0n) is 13.3. The van der Waals surface area contributed by atoms with Crippen LogP contribution in [0, 0.1) is 5.82 Å². The van der Waals surface area contributed by atoms with Gasteiger partial charge in [0.15, 0.2) is 0 Å². The molecule has 0 radical (unpaired) electrons. The number of nitrogens with zero attached hydrogens (tertiary/aromatic N) is 4. The SMILES string of the molecule is O=C(O)[C@H]1CC[C@H]2CC(c3c(-c4nn[nH]n4)ccc(Cl)c3F)=CC(=O)N21. The van der Waals surface area contributed by atoms with Crippen molar-refractivity contribution in [2.75, 3.05) is 0 Å². The van der Waals surface area contributed by atoms with E-state index in [9.17, 15) is 19.1 Å². The molecule has 1 aromatic carbocycles. The lowest BCUT2D eigenvalue weighted by Gasteiger charge is -2.32. The third kappa shape index (κ3) is 2.55. The van der Waals surface area contributed by atoms with E-state index in [0.717, 1.165) is 0 Å². The van der Waals surface area contributed by atoms with Crippen molar-refractivity contribution in [2.45, 2.75) is 31.3 Å². The molecule has 10 heteroatoms. The van der Waals surface area contributed by atoms with Gasteiger partial charge in [-0.1, -0.05) is 11.6 Å². The van der Waals surface area contributed by atoms with Gasteiger partial charge in [-0.2, -0.15) is 5.21 Å². The fraction of sp³-hybridized carbons (Fsp3) is 0.312. The molecule has 2 aliphatic rings. The van der Waals surface area contributed by atoms with Crippen LogP contribution in [0.25, 0.3) is 17.0 Å². The Morgan fingerprint density at radius 3 is 2.88 bits per heavy atom. The lowest BCUT2D eigenvalue weighted by molar-refractivity contribution is -0.147. The maximum atomic E-state index is 14.8. The number of carboxylic acids is 1. The molecule has 1 saturated heterocycles. The topological polar surface area (TPSA) is 112 Å². The summed E-state index contributed by atoms with van der Waals surface area (Å²) in [4.78, 5) is 25.3. The fourth-order valence-electron chi connectivity index (χ4n) is 3.70. The first-order valence-corrected chi connectivity index (χ1v) is 8.33. The van der Waals surface area contributed by atoms with Gasteiger partial charge in [-0.25, -0.2) is 9.18 Å². The minimum atomic E-state index is -1.03. The van der Waals surface area contributed by atoms with Crippen molar-refractivity contribution in [2.24, 2.45) is 0 Å². The number of carboxylic acid groups (broad SMARTS) is 1. The van der Waals surface area contributed by atoms with Crippen LogP contribution in [0.1, 0.15) is 24.8 Å². The number of carbonyl (C=O) groups is 2. The number of hydrogen-bond acceptors (Lipinski definition) is 5. The lowest BCUT2D eigenvalue weighted by atomic mass is 9.90. The van der Waals surface area contributed by atoms with Crippen molar-refractivity contribution in [1.29, 1.82) is 0 Å². The number of rotatable bonds is 3. The number of fused-ring (bicyclic) bond motifs is 1. The summed E-state index contributed by atoms with van der Waals surface area (Å²) in [5.41, 5.74) is 0.952. The first-order chi connectivity index (χ1) is 12.5. The van der Waals surface area contributed by atoms with Crippen LogP contribution in [-0.2, 0) is 9.59 Å². The molecular formula is C16H13ClFN5O3. The van der Waals surface area contributed by atoms with Crippen LogP contribution >= 0.6 is 11.6 Å². The predicted molar refractivity (Wildman–Crippen MR) is 88.5 cm³/mol. The number of amides is 1. The van der Waals surface area contributed by atoms with Crippen LogP contribution in [-0.4, -0.2) is 54.6 Å². The molecule has 1 fully saturated rings. The molecule has 0 unspecified atom stereocenters. The highest BCUT2D eigenvalue weighted by molar-refractivity contribution is 6.31. The van der Waals surface area contributed by atoms with E-state index in [1.54, 1.807) is 6.07 Å². The van der Waals surface area contributed by atoms with Crippen LogP contribution in [0.15, 0.2) is 18.2 Å². The van der Waals surface area contributed by atoms with Crippen molar-refractivity contribution in [3.8, 4) is 11.4 Å². The van der Waals surface area contributed by atoms with Gasteiger partial charge in [0.2, 0.25) is 11.7 Å². The van der Waals surface area contributed by atoms with E-state index in [1.807, 2.05) is 0 Å². The Hall–Kier alpha value is -2.81. The highest BCUT2D eigenvalue weighted by Gasteiger charge is 2.43. The second-order valence-corrected chi connectivity index (χ2v) is 6.63. The van der Waals surface area contributed by atoms with Gasteiger partial charge in [-0.05, 0) is 42.2 Å². The molecule has 0 spiro atoms. The van der Waals surface area contributed by atoms with Gasteiger partial charge in [0.25, 0.3) is 0 Å². The van der Waals surface area contributed by atoms with Crippen LogP contribution < -0.4 is 0 Å². The first kappa shape index (κ1) is 16.6. The number of tetrazole rings is 1. The number of hydrogen-bond donors (Lipinski definition) is 2. The predicted octanol–water partition coefficient (Wildman–Crippen LogP) is 1.89. The fourth-order valence-corrected chi connectivity index (χ4v) is 3.85. The highest BCUT2D eigenvalue weighted by atomic mass is 35.5. The number of halogens is 2. The summed E-state index contributed by atoms with van der Waals surface area (Å²) >= 11 is 5.94. The third-order valence-corrected chi connectivity index (χ3v) is 5.09. The Labute approximate surface area is 151 Å². The van der Waals surface area contributed by atoms with Gasteiger partial charge in [0.1, 0.15) is 11.9 Å². The largest absolute Gasteiger partial charge is 0.480 e. The molecule has 2 N–H and O–H groups in total. The molecule has 0 aliphatic carbocycles.